The molecule has 16 heavy (non-hydrogen) atoms. The first-order valence-electron chi connectivity index (χ1n) is 4.86. The molecule has 1 aromatic rings. The number of hydrogen-bond acceptors (Lipinski definition) is 5. The van der Waals surface area contributed by atoms with Gasteiger partial charge in [-0.3, -0.25) is 0 Å². The third-order valence-corrected chi connectivity index (χ3v) is 2.80. The van der Waals surface area contributed by atoms with Gasteiger partial charge in [0, 0.05) is 11.8 Å². The highest BCUT2D eigenvalue weighted by molar-refractivity contribution is 7.80. The van der Waals surface area contributed by atoms with Gasteiger partial charge in [0.15, 0.2) is 11.5 Å². The molecule has 0 aliphatic rings. The maximum atomic E-state index is 5.57. The van der Waals surface area contributed by atoms with E-state index in [1.165, 1.54) is 0 Å². The van der Waals surface area contributed by atoms with E-state index in [1.807, 2.05) is 12.1 Å². The summed E-state index contributed by atoms with van der Waals surface area (Å²) in [4.78, 5) is 0. The Balaban J connectivity index is 3.25. The molecule has 0 aliphatic carbocycles. The summed E-state index contributed by atoms with van der Waals surface area (Å²) in [5.74, 6) is 1.81. The van der Waals surface area contributed by atoms with Crippen molar-refractivity contribution >= 4 is 12.6 Å². The molecule has 1 rings (SSSR count). The van der Waals surface area contributed by atoms with E-state index in [0.717, 1.165) is 5.56 Å². The first-order valence-corrected chi connectivity index (χ1v) is 5.37. The van der Waals surface area contributed by atoms with Crippen molar-refractivity contribution in [3.05, 3.63) is 17.7 Å². The van der Waals surface area contributed by atoms with E-state index in [9.17, 15) is 0 Å². The summed E-state index contributed by atoms with van der Waals surface area (Å²) >= 11 is 4.38. The lowest BCUT2D eigenvalue weighted by Crippen LogP contribution is -2.07. The molecular formula is C11H17NO3S. The topological polar surface area (TPSA) is 53.7 Å². The second-order valence-corrected chi connectivity index (χ2v) is 3.83. The molecule has 0 spiro atoms. The van der Waals surface area contributed by atoms with Gasteiger partial charge in [0.05, 0.1) is 21.3 Å². The molecule has 0 aromatic heterocycles. The van der Waals surface area contributed by atoms with Crippen LogP contribution in [-0.2, 0) is 0 Å². The highest BCUT2D eigenvalue weighted by Crippen LogP contribution is 2.40. The predicted molar refractivity (Wildman–Crippen MR) is 66.9 cm³/mol. The zero-order chi connectivity index (χ0) is 12.1. The number of nitrogens with two attached hydrogens (primary N) is 1. The molecule has 0 fully saturated rings. The number of ether oxygens (including phenoxy) is 3. The number of hydrogen-bond donors (Lipinski definition) is 2. The Labute approximate surface area is 101 Å². The molecule has 90 valence electrons. The second kappa shape index (κ2) is 5.86. The highest BCUT2D eigenvalue weighted by Gasteiger charge is 2.15. The summed E-state index contributed by atoms with van der Waals surface area (Å²) in [5, 5.41) is -0.0475. The van der Waals surface area contributed by atoms with Crippen molar-refractivity contribution in [1.82, 2.24) is 0 Å². The fourth-order valence-corrected chi connectivity index (χ4v) is 1.58. The van der Waals surface area contributed by atoms with Crippen LogP contribution in [0.25, 0.3) is 0 Å². The molecule has 0 radical (unpaired) electrons. The van der Waals surface area contributed by atoms with E-state index >= 15 is 0 Å². The standard InChI is InChI=1S/C11H17NO3S/c1-13-8-4-7(10(16)6-12)5-9(14-2)11(8)15-3/h4-5,10,16H,6,12H2,1-3H3. The lowest BCUT2D eigenvalue weighted by molar-refractivity contribution is 0.324. The van der Waals surface area contributed by atoms with E-state index in [2.05, 4.69) is 12.6 Å². The van der Waals surface area contributed by atoms with Crippen LogP contribution in [-0.4, -0.2) is 27.9 Å². The number of methoxy groups -OCH3 is 3. The largest absolute Gasteiger partial charge is 0.493 e. The van der Waals surface area contributed by atoms with Gasteiger partial charge in [-0.2, -0.15) is 12.6 Å². The smallest absolute Gasteiger partial charge is 0.203 e. The summed E-state index contributed by atoms with van der Waals surface area (Å²) < 4.78 is 15.7. The van der Waals surface area contributed by atoms with Crippen LogP contribution in [0, 0.1) is 0 Å². The van der Waals surface area contributed by atoms with Crippen molar-refractivity contribution in [2.45, 2.75) is 5.25 Å². The second-order valence-electron chi connectivity index (χ2n) is 3.21. The molecular weight excluding hydrogens is 226 g/mol. The summed E-state index contributed by atoms with van der Waals surface area (Å²) in [6, 6.07) is 3.71. The Bertz CT molecular complexity index is 332. The molecule has 2 N–H and O–H groups in total. The van der Waals surface area contributed by atoms with Crippen LogP contribution in [0.3, 0.4) is 0 Å². The molecule has 4 nitrogen and oxygen atoms in total. The SMILES string of the molecule is COc1cc(C(S)CN)cc(OC)c1OC. The Morgan fingerprint density at radius 1 is 1.12 bits per heavy atom. The average Bonchev–Trinajstić information content (AvgIpc) is 2.35. The Morgan fingerprint density at radius 2 is 1.62 bits per heavy atom. The average molecular weight is 243 g/mol. The monoisotopic (exact) mass is 243 g/mol. The maximum absolute atomic E-state index is 5.57. The van der Waals surface area contributed by atoms with Gasteiger partial charge in [0.1, 0.15) is 0 Å². The zero-order valence-electron chi connectivity index (χ0n) is 9.69. The Hall–Kier alpha value is -1.07. The molecule has 0 saturated carbocycles. The lowest BCUT2D eigenvalue weighted by atomic mass is 10.1. The van der Waals surface area contributed by atoms with Crippen molar-refractivity contribution < 1.29 is 14.2 Å². The van der Waals surface area contributed by atoms with Crippen LogP contribution >= 0.6 is 12.6 Å². The molecule has 0 aliphatic heterocycles. The number of rotatable bonds is 5. The van der Waals surface area contributed by atoms with Gasteiger partial charge in [0.2, 0.25) is 5.75 Å². The summed E-state index contributed by atoms with van der Waals surface area (Å²) in [7, 11) is 4.73. The van der Waals surface area contributed by atoms with Gasteiger partial charge >= 0.3 is 0 Å². The van der Waals surface area contributed by atoms with Gasteiger partial charge in [-0.25, -0.2) is 0 Å². The van der Waals surface area contributed by atoms with Crippen molar-refractivity contribution in [1.29, 1.82) is 0 Å². The molecule has 0 heterocycles. The fourth-order valence-electron chi connectivity index (χ4n) is 1.43. The van der Waals surface area contributed by atoms with E-state index in [4.69, 9.17) is 19.9 Å². The fraction of sp³-hybridized carbons (Fsp3) is 0.455. The minimum atomic E-state index is -0.0475. The minimum Gasteiger partial charge on any atom is -0.493 e. The molecule has 1 aromatic carbocycles. The van der Waals surface area contributed by atoms with Crippen molar-refractivity contribution in [3.63, 3.8) is 0 Å². The minimum absolute atomic E-state index is 0.0475. The lowest BCUT2D eigenvalue weighted by Gasteiger charge is -2.16. The van der Waals surface area contributed by atoms with E-state index in [-0.39, 0.29) is 5.25 Å². The molecule has 1 unspecified atom stereocenters. The van der Waals surface area contributed by atoms with E-state index < -0.39 is 0 Å². The highest BCUT2D eigenvalue weighted by atomic mass is 32.1. The van der Waals surface area contributed by atoms with Gasteiger partial charge in [0.25, 0.3) is 0 Å². The Kier molecular flexibility index (Phi) is 4.76. The van der Waals surface area contributed by atoms with Crippen LogP contribution in [0.2, 0.25) is 0 Å². The van der Waals surface area contributed by atoms with Crippen molar-refractivity contribution in [2.75, 3.05) is 27.9 Å². The number of benzene rings is 1. The third kappa shape index (κ3) is 2.54. The van der Waals surface area contributed by atoms with Crippen molar-refractivity contribution in [2.24, 2.45) is 5.73 Å². The van der Waals surface area contributed by atoms with Gasteiger partial charge < -0.3 is 19.9 Å². The first kappa shape index (κ1) is 13.0. The molecule has 0 amide bonds. The Morgan fingerprint density at radius 3 is 1.94 bits per heavy atom. The van der Waals surface area contributed by atoms with Crippen LogP contribution in [0.5, 0.6) is 17.2 Å². The summed E-state index contributed by atoms with van der Waals surface area (Å²) in [6.07, 6.45) is 0. The third-order valence-electron chi connectivity index (χ3n) is 2.30. The van der Waals surface area contributed by atoms with E-state index in [0.29, 0.717) is 23.8 Å². The maximum Gasteiger partial charge on any atom is 0.203 e. The zero-order valence-corrected chi connectivity index (χ0v) is 10.6. The van der Waals surface area contributed by atoms with Gasteiger partial charge in [-0.1, -0.05) is 0 Å². The molecule has 0 bridgehead atoms. The summed E-state index contributed by atoms with van der Waals surface area (Å²) in [5.41, 5.74) is 6.51. The van der Waals surface area contributed by atoms with Crippen LogP contribution in [0.4, 0.5) is 0 Å². The molecule has 5 heteroatoms. The first-order chi connectivity index (χ1) is 7.67. The van der Waals surface area contributed by atoms with Crippen LogP contribution < -0.4 is 19.9 Å². The number of thiol groups is 1. The normalized spacial score (nSPS) is 12.1. The van der Waals surface area contributed by atoms with Gasteiger partial charge in [-0.15, -0.1) is 0 Å². The molecule has 1 atom stereocenters. The summed E-state index contributed by atoms with van der Waals surface area (Å²) in [6.45, 7) is 0.446. The van der Waals surface area contributed by atoms with Crippen LogP contribution in [0.15, 0.2) is 12.1 Å². The van der Waals surface area contributed by atoms with Gasteiger partial charge in [-0.05, 0) is 17.7 Å². The molecule has 0 saturated heterocycles. The quantitative estimate of drug-likeness (QED) is 0.772. The van der Waals surface area contributed by atoms with Crippen molar-refractivity contribution in [3.8, 4) is 17.2 Å². The van der Waals surface area contributed by atoms with Crippen LogP contribution in [0.1, 0.15) is 10.8 Å². The van der Waals surface area contributed by atoms with E-state index in [1.54, 1.807) is 21.3 Å². The predicted octanol–water partition coefficient (Wildman–Crippen LogP) is 1.64.